The van der Waals surface area contributed by atoms with Gasteiger partial charge in [-0.15, -0.1) is 0 Å². The van der Waals surface area contributed by atoms with Crippen molar-refractivity contribution in [2.45, 2.75) is 12.6 Å². The van der Waals surface area contributed by atoms with Crippen LogP contribution in [0.15, 0.2) is 18.2 Å². The lowest BCUT2D eigenvalue weighted by atomic mass is 10.1. The van der Waals surface area contributed by atoms with Gasteiger partial charge in [0.2, 0.25) is 0 Å². The Balaban J connectivity index is 3.03. The lowest BCUT2D eigenvalue weighted by molar-refractivity contribution is -0.304. The molecular formula is C9H5F4O2-. The van der Waals surface area contributed by atoms with Gasteiger partial charge in [0.1, 0.15) is 5.82 Å². The van der Waals surface area contributed by atoms with Crippen LogP contribution in [0.5, 0.6) is 0 Å². The molecular weight excluding hydrogens is 216 g/mol. The van der Waals surface area contributed by atoms with E-state index in [1.807, 2.05) is 0 Å². The number of carbonyl (C=O) groups excluding carboxylic acids is 1. The molecule has 1 aromatic rings. The number of hydrogen-bond donors (Lipinski definition) is 0. The summed E-state index contributed by atoms with van der Waals surface area (Å²) in [6.45, 7) is 0. The molecule has 0 fully saturated rings. The molecule has 6 heteroatoms. The summed E-state index contributed by atoms with van der Waals surface area (Å²) in [6, 6.07) is 1.67. The van der Waals surface area contributed by atoms with Crippen molar-refractivity contribution in [1.82, 2.24) is 0 Å². The molecule has 0 aromatic heterocycles. The van der Waals surface area contributed by atoms with Crippen molar-refractivity contribution < 1.29 is 27.5 Å². The Morgan fingerprint density at radius 1 is 1.33 bits per heavy atom. The summed E-state index contributed by atoms with van der Waals surface area (Å²) in [4.78, 5) is 10.1. The van der Waals surface area contributed by atoms with Gasteiger partial charge in [0.15, 0.2) is 0 Å². The first-order valence-corrected chi connectivity index (χ1v) is 3.86. The summed E-state index contributed by atoms with van der Waals surface area (Å²) in [5.74, 6) is -2.75. The van der Waals surface area contributed by atoms with Crippen molar-refractivity contribution in [3.05, 3.63) is 35.1 Å². The average Bonchev–Trinajstić information content (AvgIpc) is 2.05. The molecule has 0 amide bonds. The standard InChI is InChI=1S/C9H6F4O2/c10-7-4-6(9(11,12)13)2-1-5(7)3-8(14)15/h1-2,4H,3H2,(H,14,15)/p-1. The number of benzene rings is 1. The zero-order valence-corrected chi connectivity index (χ0v) is 7.27. The predicted octanol–water partition coefficient (Wildman–Crippen LogP) is 1.14. The number of hydrogen-bond acceptors (Lipinski definition) is 2. The topological polar surface area (TPSA) is 40.1 Å². The van der Waals surface area contributed by atoms with E-state index >= 15 is 0 Å². The third-order valence-electron chi connectivity index (χ3n) is 1.72. The fourth-order valence-corrected chi connectivity index (χ4v) is 1.02. The number of carboxylic acid groups (broad SMARTS) is 1. The van der Waals surface area contributed by atoms with Gasteiger partial charge in [-0.05, 0) is 17.7 Å². The highest BCUT2D eigenvalue weighted by atomic mass is 19.4. The van der Waals surface area contributed by atoms with Crippen LogP contribution in [-0.4, -0.2) is 5.97 Å². The van der Waals surface area contributed by atoms with E-state index in [4.69, 9.17) is 0 Å². The van der Waals surface area contributed by atoms with E-state index < -0.39 is 29.9 Å². The molecule has 0 spiro atoms. The Morgan fingerprint density at radius 2 is 1.93 bits per heavy atom. The summed E-state index contributed by atoms with van der Waals surface area (Å²) in [7, 11) is 0. The van der Waals surface area contributed by atoms with E-state index in [2.05, 4.69) is 0 Å². The van der Waals surface area contributed by atoms with Crippen molar-refractivity contribution in [2.75, 3.05) is 0 Å². The maximum Gasteiger partial charge on any atom is 0.416 e. The van der Waals surface area contributed by atoms with Gasteiger partial charge in [0.25, 0.3) is 0 Å². The van der Waals surface area contributed by atoms with E-state index in [1.54, 1.807) is 0 Å². The minimum absolute atomic E-state index is 0.262. The Hall–Kier alpha value is -1.59. The molecule has 2 nitrogen and oxygen atoms in total. The van der Waals surface area contributed by atoms with E-state index in [9.17, 15) is 27.5 Å². The molecule has 0 aliphatic rings. The van der Waals surface area contributed by atoms with Crippen molar-refractivity contribution in [3.63, 3.8) is 0 Å². The van der Waals surface area contributed by atoms with Gasteiger partial charge < -0.3 is 9.90 Å². The number of aliphatic carboxylic acids is 1. The molecule has 15 heavy (non-hydrogen) atoms. The van der Waals surface area contributed by atoms with Gasteiger partial charge in [-0.1, -0.05) is 6.07 Å². The van der Waals surface area contributed by atoms with Crippen LogP contribution < -0.4 is 5.11 Å². The normalized spacial score (nSPS) is 11.5. The lowest BCUT2D eigenvalue weighted by Gasteiger charge is -2.09. The second kappa shape index (κ2) is 3.88. The van der Waals surface area contributed by atoms with Gasteiger partial charge in [-0.2, -0.15) is 13.2 Å². The average molecular weight is 221 g/mol. The number of rotatable bonds is 2. The fraction of sp³-hybridized carbons (Fsp3) is 0.222. The summed E-state index contributed by atoms with van der Waals surface area (Å²) >= 11 is 0. The molecule has 0 aliphatic carbocycles. The van der Waals surface area contributed by atoms with Gasteiger partial charge in [-0.25, -0.2) is 4.39 Å². The smallest absolute Gasteiger partial charge is 0.416 e. The van der Waals surface area contributed by atoms with E-state index in [0.717, 1.165) is 6.07 Å². The Morgan fingerprint density at radius 3 is 2.33 bits per heavy atom. The largest absolute Gasteiger partial charge is 0.550 e. The van der Waals surface area contributed by atoms with Crippen LogP contribution >= 0.6 is 0 Å². The van der Waals surface area contributed by atoms with Gasteiger partial charge >= 0.3 is 6.18 Å². The summed E-state index contributed by atoms with van der Waals surface area (Å²) in [6.07, 6.45) is -5.38. The minimum Gasteiger partial charge on any atom is -0.550 e. The predicted molar refractivity (Wildman–Crippen MR) is 40.1 cm³/mol. The molecule has 0 atom stereocenters. The summed E-state index contributed by atoms with van der Waals surface area (Å²) < 4.78 is 49.1. The molecule has 0 heterocycles. The molecule has 0 aliphatic heterocycles. The zero-order chi connectivity index (χ0) is 11.6. The molecule has 1 aromatic carbocycles. The van der Waals surface area contributed by atoms with Crippen LogP contribution in [0.1, 0.15) is 11.1 Å². The second-order valence-corrected chi connectivity index (χ2v) is 2.85. The van der Waals surface area contributed by atoms with Crippen molar-refractivity contribution in [3.8, 4) is 0 Å². The van der Waals surface area contributed by atoms with Crippen LogP contribution in [0.3, 0.4) is 0 Å². The van der Waals surface area contributed by atoms with Gasteiger partial charge in [0.05, 0.1) is 5.56 Å². The third-order valence-corrected chi connectivity index (χ3v) is 1.72. The first-order valence-electron chi connectivity index (χ1n) is 3.86. The van der Waals surface area contributed by atoms with Crippen LogP contribution in [0, 0.1) is 5.82 Å². The fourth-order valence-electron chi connectivity index (χ4n) is 1.02. The third kappa shape index (κ3) is 2.93. The highest BCUT2D eigenvalue weighted by Gasteiger charge is 2.31. The van der Waals surface area contributed by atoms with Crippen molar-refractivity contribution >= 4 is 5.97 Å². The van der Waals surface area contributed by atoms with Crippen molar-refractivity contribution in [1.29, 1.82) is 0 Å². The van der Waals surface area contributed by atoms with Crippen LogP contribution in [0.25, 0.3) is 0 Å². The highest BCUT2D eigenvalue weighted by Crippen LogP contribution is 2.30. The van der Waals surface area contributed by atoms with E-state index in [1.165, 1.54) is 0 Å². The zero-order valence-electron chi connectivity index (χ0n) is 7.27. The van der Waals surface area contributed by atoms with E-state index in [-0.39, 0.29) is 11.6 Å². The summed E-state index contributed by atoms with van der Waals surface area (Å²) in [5, 5.41) is 10.1. The molecule has 0 N–H and O–H groups in total. The molecule has 0 radical (unpaired) electrons. The number of halogens is 4. The monoisotopic (exact) mass is 221 g/mol. The number of carbonyl (C=O) groups is 1. The van der Waals surface area contributed by atoms with Crippen molar-refractivity contribution in [2.24, 2.45) is 0 Å². The molecule has 0 bridgehead atoms. The molecule has 0 saturated heterocycles. The van der Waals surface area contributed by atoms with E-state index in [0.29, 0.717) is 6.07 Å². The SMILES string of the molecule is O=C([O-])Cc1ccc(C(F)(F)F)cc1F. The summed E-state index contributed by atoms with van der Waals surface area (Å²) in [5.41, 5.74) is -1.48. The molecule has 0 unspecified atom stereocenters. The van der Waals surface area contributed by atoms with Crippen LogP contribution in [0.2, 0.25) is 0 Å². The number of alkyl halides is 3. The minimum atomic E-state index is -4.64. The molecule has 1 rings (SSSR count). The van der Waals surface area contributed by atoms with Gasteiger partial charge in [-0.3, -0.25) is 0 Å². The second-order valence-electron chi connectivity index (χ2n) is 2.85. The molecule has 0 saturated carbocycles. The van der Waals surface area contributed by atoms with Crippen LogP contribution in [0.4, 0.5) is 17.6 Å². The molecule has 82 valence electrons. The van der Waals surface area contributed by atoms with Crippen LogP contribution in [-0.2, 0) is 17.4 Å². The van der Waals surface area contributed by atoms with Gasteiger partial charge in [0, 0.05) is 12.4 Å². The number of carboxylic acids is 1. The highest BCUT2D eigenvalue weighted by molar-refractivity contribution is 5.68. The Kier molecular flexibility index (Phi) is 2.97. The Bertz CT molecular complexity index is 384. The maximum atomic E-state index is 12.9. The Labute approximate surface area is 82.1 Å². The first-order chi connectivity index (χ1) is 6.80. The quantitative estimate of drug-likeness (QED) is 0.702. The maximum absolute atomic E-state index is 12.9. The lowest BCUT2D eigenvalue weighted by Crippen LogP contribution is -2.25. The first kappa shape index (κ1) is 11.5.